The first-order valence-corrected chi connectivity index (χ1v) is 11.9. The van der Waals surface area contributed by atoms with Gasteiger partial charge < -0.3 is 20.4 Å². The Kier molecular flexibility index (Phi) is 7.25. The molecule has 0 saturated carbocycles. The average Bonchev–Trinajstić information content (AvgIpc) is 2.81. The summed E-state index contributed by atoms with van der Waals surface area (Å²) >= 11 is 5.43. The highest BCUT2D eigenvalue weighted by atomic mass is 32.1. The Bertz CT molecular complexity index is 935. The fourth-order valence-electron chi connectivity index (χ4n) is 4.46. The van der Waals surface area contributed by atoms with E-state index in [-0.39, 0.29) is 17.8 Å². The summed E-state index contributed by atoms with van der Waals surface area (Å²) in [7, 11) is 0. The minimum absolute atomic E-state index is 0.150. The summed E-state index contributed by atoms with van der Waals surface area (Å²) in [5.41, 5.74) is 2.60. The second-order valence-electron chi connectivity index (χ2n) is 8.86. The molecule has 2 aromatic carbocycles. The first-order valence-electron chi connectivity index (χ1n) is 11.5. The predicted octanol–water partition coefficient (Wildman–Crippen LogP) is 4.65. The molecule has 2 aliphatic heterocycles. The van der Waals surface area contributed by atoms with Crippen LogP contribution in [0.1, 0.15) is 43.0 Å². The number of likely N-dealkylation sites (tertiary alicyclic amines) is 1. The fourth-order valence-corrected chi connectivity index (χ4v) is 4.75. The molecule has 2 saturated heterocycles. The van der Waals surface area contributed by atoms with E-state index in [1.807, 2.05) is 23.1 Å². The highest BCUT2D eigenvalue weighted by molar-refractivity contribution is 7.80. The number of benzene rings is 2. The van der Waals surface area contributed by atoms with Gasteiger partial charge in [-0.3, -0.25) is 4.79 Å². The van der Waals surface area contributed by atoms with Gasteiger partial charge in [0.15, 0.2) is 5.11 Å². The van der Waals surface area contributed by atoms with E-state index in [1.165, 1.54) is 12.1 Å². The number of hydrogen-bond acceptors (Lipinski definition) is 3. The molecular weight excluding hydrogens is 423 g/mol. The van der Waals surface area contributed by atoms with Gasteiger partial charge in [-0.25, -0.2) is 4.39 Å². The lowest BCUT2D eigenvalue weighted by Crippen LogP contribution is -2.46. The van der Waals surface area contributed by atoms with Crippen molar-refractivity contribution in [1.29, 1.82) is 0 Å². The van der Waals surface area contributed by atoms with Crippen molar-refractivity contribution in [2.24, 2.45) is 5.92 Å². The highest BCUT2D eigenvalue weighted by Crippen LogP contribution is 2.27. The molecule has 2 aromatic rings. The van der Waals surface area contributed by atoms with Crippen molar-refractivity contribution in [3.8, 4) is 0 Å². The summed E-state index contributed by atoms with van der Waals surface area (Å²) < 4.78 is 13.1. The van der Waals surface area contributed by atoms with Gasteiger partial charge in [0.25, 0.3) is 5.91 Å². The van der Waals surface area contributed by atoms with Crippen LogP contribution in [-0.4, -0.2) is 48.1 Å². The molecule has 32 heavy (non-hydrogen) atoms. The fraction of sp³-hybridized carbons (Fsp3) is 0.440. The first-order chi connectivity index (χ1) is 15.5. The minimum atomic E-state index is -0.268. The van der Waals surface area contributed by atoms with E-state index in [4.69, 9.17) is 12.2 Å². The Hall–Kier alpha value is -2.67. The lowest BCUT2D eigenvalue weighted by atomic mass is 9.98. The third-order valence-electron chi connectivity index (χ3n) is 6.48. The van der Waals surface area contributed by atoms with Crippen molar-refractivity contribution in [1.82, 2.24) is 10.2 Å². The number of piperidine rings is 2. The SMILES string of the molecule is CC1CCN(C(=O)c2ccccc2N2CCC(NC(=S)Nc3ccc(F)cc3)CC2)CC1. The lowest BCUT2D eigenvalue weighted by Gasteiger charge is -2.36. The van der Waals surface area contributed by atoms with Crippen LogP contribution in [0.4, 0.5) is 15.8 Å². The van der Waals surface area contributed by atoms with E-state index in [2.05, 4.69) is 28.5 Å². The molecule has 2 heterocycles. The number of carbonyl (C=O) groups excluding carboxylic acids is 1. The number of carbonyl (C=O) groups is 1. The molecular formula is C25H31FN4OS. The van der Waals surface area contributed by atoms with Crippen LogP contribution in [0.15, 0.2) is 48.5 Å². The van der Waals surface area contributed by atoms with E-state index in [9.17, 15) is 9.18 Å². The first kappa shape index (κ1) is 22.5. The zero-order chi connectivity index (χ0) is 22.5. The Labute approximate surface area is 195 Å². The van der Waals surface area contributed by atoms with Gasteiger partial charge in [0.05, 0.1) is 5.56 Å². The maximum absolute atomic E-state index is 13.2. The zero-order valence-electron chi connectivity index (χ0n) is 18.5. The van der Waals surface area contributed by atoms with Crippen LogP contribution in [0.5, 0.6) is 0 Å². The number of halogens is 1. The molecule has 1 amide bonds. The van der Waals surface area contributed by atoms with Gasteiger partial charge in [-0.1, -0.05) is 19.1 Å². The van der Waals surface area contributed by atoms with E-state index >= 15 is 0 Å². The van der Waals surface area contributed by atoms with Gasteiger partial charge in [-0.2, -0.15) is 0 Å². The van der Waals surface area contributed by atoms with Crippen molar-refractivity contribution in [3.05, 3.63) is 59.9 Å². The second-order valence-corrected chi connectivity index (χ2v) is 9.27. The number of para-hydroxylation sites is 1. The van der Waals surface area contributed by atoms with Crippen molar-refractivity contribution < 1.29 is 9.18 Å². The normalized spacial score (nSPS) is 17.8. The predicted molar refractivity (Wildman–Crippen MR) is 132 cm³/mol. The van der Waals surface area contributed by atoms with Crippen LogP contribution in [0.3, 0.4) is 0 Å². The largest absolute Gasteiger partial charge is 0.371 e. The van der Waals surface area contributed by atoms with Gasteiger partial charge in [0, 0.05) is 43.6 Å². The number of amides is 1. The summed E-state index contributed by atoms with van der Waals surface area (Å²) in [6.45, 7) is 5.67. The molecule has 0 bridgehead atoms. The highest BCUT2D eigenvalue weighted by Gasteiger charge is 2.27. The Morgan fingerprint density at radius 3 is 2.31 bits per heavy atom. The zero-order valence-corrected chi connectivity index (χ0v) is 19.3. The molecule has 0 aliphatic carbocycles. The van der Waals surface area contributed by atoms with E-state index in [1.54, 1.807) is 12.1 Å². The molecule has 2 N–H and O–H groups in total. The molecule has 0 spiro atoms. The summed E-state index contributed by atoms with van der Waals surface area (Å²) in [5.74, 6) is 0.581. The van der Waals surface area contributed by atoms with Crippen LogP contribution >= 0.6 is 12.2 Å². The lowest BCUT2D eigenvalue weighted by molar-refractivity contribution is 0.0698. The van der Waals surface area contributed by atoms with Crippen LogP contribution in [-0.2, 0) is 0 Å². The smallest absolute Gasteiger partial charge is 0.255 e. The van der Waals surface area contributed by atoms with E-state index < -0.39 is 0 Å². The van der Waals surface area contributed by atoms with Gasteiger partial charge in [-0.15, -0.1) is 0 Å². The molecule has 2 aliphatic rings. The van der Waals surface area contributed by atoms with Crippen LogP contribution < -0.4 is 15.5 Å². The molecule has 5 nitrogen and oxygen atoms in total. The van der Waals surface area contributed by atoms with Gasteiger partial charge in [-0.05, 0) is 80.2 Å². The summed E-state index contributed by atoms with van der Waals surface area (Å²) in [5, 5.41) is 7.03. The van der Waals surface area contributed by atoms with Gasteiger partial charge >= 0.3 is 0 Å². The molecule has 0 radical (unpaired) electrons. The number of anilines is 2. The topological polar surface area (TPSA) is 47.6 Å². The van der Waals surface area contributed by atoms with E-state index in [0.717, 1.165) is 68.8 Å². The van der Waals surface area contributed by atoms with Crippen molar-refractivity contribution >= 4 is 34.6 Å². The summed E-state index contributed by atoms with van der Waals surface area (Å²) in [4.78, 5) is 17.5. The standard InChI is InChI=1S/C25H31FN4OS/c1-18-10-14-30(15-11-18)24(31)22-4-2-3-5-23(22)29-16-12-21(13-17-29)28-25(32)27-20-8-6-19(26)7-9-20/h2-9,18,21H,10-17H2,1H3,(H2,27,28,32). The Morgan fingerprint density at radius 2 is 1.62 bits per heavy atom. The number of nitrogens with zero attached hydrogens (tertiary/aromatic N) is 2. The van der Waals surface area contributed by atoms with Crippen LogP contribution in [0.2, 0.25) is 0 Å². The third kappa shape index (κ3) is 5.57. The van der Waals surface area contributed by atoms with Crippen LogP contribution in [0.25, 0.3) is 0 Å². The van der Waals surface area contributed by atoms with Gasteiger partial charge in [0.2, 0.25) is 0 Å². The number of nitrogens with one attached hydrogen (secondary N) is 2. The summed E-state index contributed by atoms with van der Waals surface area (Å²) in [6, 6.07) is 14.4. The third-order valence-corrected chi connectivity index (χ3v) is 6.70. The van der Waals surface area contributed by atoms with Crippen LogP contribution in [0, 0.1) is 11.7 Å². The molecule has 0 unspecified atom stereocenters. The van der Waals surface area contributed by atoms with Gasteiger partial charge in [0.1, 0.15) is 5.82 Å². The number of hydrogen-bond donors (Lipinski definition) is 2. The molecule has 0 atom stereocenters. The van der Waals surface area contributed by atoms with Crippen molar-refractivity contribution in [2.75, 3.05) is 36.4 Å². The molecule has 2 fully saturated rings. The number of thiocarbonyl (C=S) groups is 1. The Balaban J connectivity index is 1.33. The molecule has 0 aromatic heterocycles. The molecule has 170 valence electrons. The van der Waals surface area contributed by atoms with Crippen molar-refractivity contribution in [2.45, 2.75) is 38.6 Å². The van der Waals surface area contributed by atoms with Crippen molar-refractivity contribution in [3.63, 3.8) is 0 Å². The maximum Gasteiger partial charge on any atom is 0.255 e. The minimum Gasteiger partial charge on any atom is -0.371 e. The monoisotopic (exact) mass is 454 g/mol. The number of rotatable bonds is 4. The average molecular weight is 455 g/mol. The quantitative estimate of drug-likeness (QED) is 0.659. The maximum atomic E-state index is 13.2. The molecule has 4 rings (SSSR count). The van der Waals surface area contributed by atoms with E-state index in [0.29, 0.717) is 11.0 Å². The molecule has 7 heteroatoms. The summed E-state index contributed by atoms with van der Waals surface area (Å²) in [6.07, 6.45) is 4.01. The Morgan fingerprint density at radius 1 is 0.969 bits per heavy atom. The second kappa shape index (κ2) is 10.3.